The second-order valence-electron chi connectivity index (χ2n) is 0.846. The minimum absolute atomic E-state index is 0. The molecule has 0 aromatic rings. The molecular formula is C4H6O3Y-2. The van der Waals surface area contributed by atoms with Crippen LogP contribution in [0.2, 0.25) is 0 Å². The third-order valence-corrected chi connectivity index (χ3v) is 0.449. The Morgan fingerprint density at radius 2 is 2.25 bits per heavy atom. The molecule has 0 aromatic heterocycles. The van der Waals surface area contributed by atoms with Gasteiger partial charge in [0, 0.05) is 39.3 Å². The number of cyclic esters (lactones) is 2. The summed E-state index contributed by atoms with van der Waals surface area (Å²) < 4.78 is 8.40. The molecule has 1 aliphatic rings. The van der Waals surface area contributed by atoms with Gasteiger partial charge in [0.15, 0.2) is 0 Å². The molecule has 1 radical (unpaired) electrons. The molecule has 1 heterocycles. The third-order valence-electron chi connectivity index (χ3n) is 0.449. The van der Waals surface area contributed by atoms with Gasteiger partial charge < -0.3 is 16.9 Å². The standard InChI is InChI=1S/C3H3O3.CH3.Y/c4-3-5-1-2-6-3;;/h1H,2H2;1H3;/q2*-1;. The van der Waals surface area contributed by atoms with Crippen LogP contribution in [-0.4, -0.2) is 12.8 Å². The van der Waals surface area contributed by atoms with E-state index in [2.05, 4.69) is 9.47 Å². The first-order chi connectivity index (χ1) is 2.89. The number of hydrogen-bond acceptors (Lipinski definition) is 3. The van der Waals surface area contributed by atoms with Gasteiger partial charge in [-0.05, 0) is 0 Å². The predicted molar refractivity (Wildman–Crippen MR) is 23.1 cm³/mol. The molecule has 1 rings (SSSR count). The SMILES string of the molecule is O=C1O[CH-]CO1.[CH3-].[Y]. The summed E-state index contributed by atoms with van der Waals surface area (Å²) in [5, 5.41) is 0. The van der Waals surface area contributed by atoms with E-state index in [1.807, 2.05) is 0 Å². The van der Waals surface area contributed by atoms with Gasteiger partial charge in [0.2, 0.25) is 0 Å². The number of ether oxygens (including phenoxy) is 2. The molecule has 0 atom stereocenters. The number of rotatable bonds is 0. The summed E-state index contributed by atoms with van der Waals surface area (Å²) in [5.74, 6) is 0. The molecule has 4 heteroatoms. The predicted octanol–water partition coefficient (Wildman–Crippen LogP) is 0.763. The van der Waals surface area contributed by atoms with E-state index in [1.54, 1.807) is 0 Å². The molecule has 1 fully saturated rings. The molecule has 3 nitrogen and oxygen atoms in total. The molecule has 0 bridgehead atoms. The topological polar surface area (TPSA) is 35.5 Å². The normalized spacial score (nSPS) is 14.8. The minimum Gasteiger partial charge on any atom is -0.603 e. The Hall–Kier alpha value is 0.374. The molecule has 1 aliphatic heterocycles. The van der Waals surface area contributed by atoms with E-state index in [9.17, 15) is 4.79 Å². The van der Waals surface area contributed by atoms with Crippen molar-refractivity contribution in [2.24, 2.45) is 0 Å². The van der Waals surface area contributed by atoms with Crippen molar-refractivity contribution in [2.75, 3.05) is 6.61 Å². The Labute approximate surface area is 73.6 Å². The van der Waals surface area contributed by atoms with Crippen LogP contribution in [0.4, 0.5) is 4.79 Å². The van der Waals surface area contributed by atoms with Gasteiger partial charge in [-0.1, -0.05) is 0 Å². The Bertz CT molecular complexity index is 65.7. The summed E-state index contributed by atoms with van der Waals surface area (Å²) >= 11 is 0. The van der Waals surface area contributed by atoms with Gasteiger partial charge in [0.05, 0.1) is 0 Å². The molecule has 1 saturated heterocycles. The van der Waals surface area contributed by atoms with E-state index in [4.69, 9.17) is 0 Å². The van der Waals surface area contributed by atoms with Gasteiger partial charge in [-0.3, -0.25) is 0 Å². The molecule has 0 aromatic carbocycles. The van der Waals surface area contributed by atoms with Crippen molar-refractivity contribution < 1.29 is 47.0 Å². The third kappa shape index (κ3) is 3.39. The molecule has 0 aliphatic carbocycles. The maximum atomic E-state index is 9.77. The Morgan fingerprint density at radius 1 is 1.62 bits per heavy atom. The molecular weight excluding hydrogens is 185 g/mol. The Kier molecular flexibility index (Phi) is 7.72. The average Bonchev–Trinajstić information content (AvgIpc) is 1.86. The fourth-order valence-electron chi connectivity index (χ4n) is 0.238. The molecule has 0 unspecified atom stereocenters. The van der Waals surface area contributed by atoms with Crippen molar-refractivity contribution in [2.45, 2.75) is 0 Å². The summed E-state index contributed by atoms with van der Waals surface area (Å²) in [6.07, 6.45) is -0.602. The zero-order valence-corrected chi connectivity index (χ0v) is 7.42. The van der Waals surface area contributed by atoms with Crippen LogP contribution >= 0.6 is 0 Å². The minimum atomic E-state index is -0.602. The number of hydrogen-bond donors (Lipinski definition) is 0. The summed E-state index contributed by atoms with van der Waals surface area (Å²) in [6, 6.07) is 0. The van der Waals surface area contributed by atoms with Crippen molar-refractivity contribution in [3.63, 3.8) is 0 Å². The van der Waals surface area contributed by atoms with E-state index in [0.29, 0.717) is 6.61 Å². The van der Waals surface area contributed by atoms with Crippen LogP contribution in [0.5, 0.6) is 0 Å². The monoisotopic (exact) mass is 191 g/mol. The maximum Gasteiger partial charge on any atom is 0.473 e. The summed E-state index contributed by atoms with van der Waals surface area (Å²) in [7, 11) is 0. The first-order valence-corrected chi connectivity index (χ1v) is 1.54. The Morgan fingerprint density at radius 3 is 2.38 bits per heavy atom. The molecule has 8 heavy (non-hydrogen) atoms. The van der Waals surface area contributed by atoms with Crippen LogP contribution in [0.25, 0.3) is 0 Å². The van der Waals surface area contributed by atoms with Gasteiger partial charge in [-0.15, -0.1) is 6.61 Å². The van der Waals surface area contributed by atoms with Crippen LogP contribution in [0.15, 0.2) is 0 Å². The molecule has 0 N–H and O–H groups in total. The summed E-state index contributed by atoms with van der Waals surface area (Å²) in [4.78, 5) is 9.77. The molecule has 0 amide bonds. The second-order valence-corrected chi connectivity index (χ2v) is 0.846. The summed E-state index contributed by atoms with van der Waals surface area (Å²) in [6.45, 7) is 1.60. The van der Waals surface area contributed by atoms with Crippen LogP contribution in [-0.2, 0) is 42.2 Å². The molecule has 45 valence electrons. The molecule has 0 saturated carbocycles. The number of carbonyl (C=O) groups is 1. The maximum absolute atomic E-state index is 9.77. The van der Waals surface area contributed by atoms with Crippen molar-refractivity contribution in [3.8, 4) is 0 Å². The van der Waals surface area contributed by atoms with Crippen molar-refractivity contribution in [3.05, 3.63) is 14.0 Å². The van der Waals surface area contributed by atoms with Gasteiger partial charge in [-0.2, -0.15) is 0 Å². The zero-order chi connectivity index (χ0) is 4.41. The van der Waals surface area contributed by atoms with E-state index < -0.39 is 6.16 Å². The fourth-order valence-corrected chi connectivity index (χ4v) is 0.238. The van der Waals surface area contributed by atoms with Gasteiger partial charge in [-0.25, -0.2) is 4.79 Å². The van der Waals surface area contributed by atoms with E-state index in [0.717, 1.165) is 0 Å². The van der Waals surface area contributed by atoms with Crippen LogP contribution in [0.1, 0.15) is 0 Å². The Balaban J connectivity index is 0. The smallest absolute Gasteiger partial charge is 0.473 e. The van der Waals surface area contributed by atoms with E-state index >= 15 is 0 Å². The van der Waals surface area contributed by atoms with Crippen molar-refractivity contribution in [1.82, 2.24) is 0 Å². The first-order valence-electron chi connectivity index (χ1n) is 1.54. The average molecular weight is 191 g/mol. The molecule has 0 spiro atoms. The van der Waals surface area contributed by atoms with Crippen LogP contribution in [0, 0.1) is 14.0 Å². The van der Waals surface area contributed by atoms with Crippen LogP contribution in [0.3, 0.4) is 0 Å². The van der Waals surface area contributed by atoms with Gasteiger partial charge in [0.25, 0.3) is 0 Å². The second kappa shape index (κ2) is 5.51. The van der Waals surface area contributed by atoms with E-state index in [1.165, 1.54) is 6.61 Å². The van der Waals surface area contributed by atoms with Gasteiger partial charge >= 0.3 is 6.16 Å². The quantitative estimate of drug-likeness (QED) is 0.418. The largest absolute Gasteiger partial charge is 0.603 e. The summed E-state index contributed by atoms with van der Waals surface area (Å²) in [5.41, 5.74) is 0. The van der Waals surface area contributed by atoms with E-state index in [-0.39, 0.29) is 40.1 Å². The first kappa shape index (κ1) is 11.2. The zero-order valence-electron chi connectivity index (χ0n) is 4.59. The van der Waals surface area contributed by atoms with Crippen LogP contribution < -0.4 is 0 Å². The van der Waals surface area contributed by atoms with Crippen molar-refractivity contribution >= 4 is 6.16 Å². The van der Waals surface area contributed by atoms with Crippen molar-refractivity contribution in [1.29, 1.82) is 0 Å². The van der Waals surface area contributed by atoms with Gasteiger partial charge in [0.1, 0.15) is 0 Å². The fraction of sp³-hybridized carbons (Fsp3) is 0.250. The number of carbonyl (C=O) groups excluding carboxylic acids is 1.